The quantitative estimate of drug-likeness (QED) is 0.0745. The second-order valence-electron chi connectivity index (χ2n) is 12.5. The van der Waals surface area contributed by atoms with Crippen LogP contribution in [0.25, 0.3) is 17.1 Å². The summed E-state index contributed by atoms with van der Waals surface area (Å²) in [4.78, 5) is 43.1. The van der Waals surface area contributed by atoms with Gasteiger partial charge in [0.25, 0.3) is 0 Å². The van der Waals surface area contributed by atoms with Gasteiger partial charge >= 0.3 is 11.9 Å². The average Bonchev–Trinajstić information content (AvgIpc) is 3.46. The van der Waals surface area contributed by atoms with Crippen LogP contribution in [0.4, 0.5) is 0 Å². The van der Waals surface area contributed by atoms with Gasteiger partial charge in [-0.1, -0.05) is 27.2 Å². The van der Waals surface area contributed by atoms with E-state index in [-0.39, 0.29) is 39.7 Å². The molecule has 0 aliphatic heterocycles. The third-order valence-corrected chi connectivity index (χ3v) is 7.77. The minimum atomic E-state index is -1.07. The molecule has 1 heterocycles. The van der Waals surface area contributed by atoms with Crippen LogP contribution in [-0.4, -0.2) is 54.7 Å². The van der Waals surface area contributed by atoms with Gasteiger partial charge in [-0.2, -0.15) is 0 Å². The van der Waals surface area contributed by atoms with Crippen molar-refractivity contribution in [3.05, 3.63) is 59.9 Å². The predicted octanol–water partition coefficient (Wildman–Crippen LogP) is 6.49. The number of ether oxygens (including phenoxy) is 4. The number of rotatable bonds is 15. The van der Waals surface area contributed by atoms with Crippen molar-refractivity contribution in [1.82, 2.24) is 9.55 Å². The van der Waals surface area contributed by atoms with E-state index in [9.17, 15) is 14.4 Å². The molecule has 1 atom stereocenters. The van der Waals surface area contributed by atoms with Crippen molar-refractivity contribution < 1.29 is 53.4 Å². The summed E-state index contributed by atoms with van der Waals surface area (Å²) in [7, 11) is 2.93. The molecule has 0 aliphatic rings. The number of aromatic nitrogens is 2. The number of nitrogens with zero attached hydrogens (tertiary/aromatic N) is 2. The van der Waals surface area contributed by atoms with Crippen LogP contribution >= 0.6 is 0 Å². The summed E-state index contributed by atoms with van der Waals surface area (Å²) in [5, 5.41) is 0. The summed E-state index contributed by atoms with van der Waals surface area (Å²) < 4.78 is 23.4. The fraction of sp³-hybridized carbons (Fsp3) is 0.486. The molecule has 9 nitrogen and oxygen atoms in total. The number of hydrogen-bond donors (Lipinski definition) is 0. The van der Waals surface area contributed by atoms with Gasteiger partial charge in [-0.05, 0) is 69.7 Å². The molecule has 0 fully saturated rings. The normalized spacial score (nSPS) is 12.6. The van der Waals surface area contributed by atoms with Crippen molar-refractivity contribution in [3.8, 4) is 28.6 Å². The van der Waals surface area contributed by atoms with Crippen LogP contribution in [-0.2, 0) is 44.0 Å². The Morgan fingerprint density at radius 3 is 2.22 bits per heavy atom. The van der Waals surface area contributed by atoms with Crippen LogP contribution in [0.2, 0.25) is 0 Å². The van der Waals surface area contributed by atoms with Crippen molar-refractivity contribution >= 4 is 17.7 Å². The Balaban J connectivity index is 0.00000705. The molecule has 2 aromatic carbocycles. The number of methoxy groups -OCH3 is 2. The van der Waals surface area contributed by atoms with Gasteiger partial charge in [0.1, 0.15) is 19.0 Å². The number of carbonyl (C=O) groups is 3. The summed E-state index contributed by atoms with van der Waals surface area (Å²) >= 11 is 0. The van der Waals surface area contributed by atoms with E-state index in [1.54, 1.807) is 40.1 Å². The number of benzene rings is 2. The molecule has 0 N–H and O–H groups in total. The first-order chi connectivity index (χ1) is 20.7. The topological polar surface area (TPSA) is 106 Å². The van der Waals surface area contributed by atoms with E-state index in [2.05, 4.69) is 24.9 Å². The van der Waals surface area contributed by atoms with Gasteiger partial charge in [0.05, 0.1) is 25.5 Å². The van der Waals surface area contributed by atoms with Gasteiger partial charge in [-0.15, -0.1) is 29.8 Å². The zero-order valence-electron chi connectivity index (χ0n) is 27.7. The van der Waals surface area contributed by atoms with Crippen LogP contribution in [0.3, 0.4) is 0 Å². The van der Waals surface area contributed by atoms with E-state index in [1.807, 2.05) is 48.9 Å². The van der Waals surface area contributed by atoms with Crippen molar-refractivity contribution in [1.29, 1.82) is 0 Å². The minimum absolute atomic E-state index is 0. The third-order valence-electron chi connectivity index (χ3n) is 7.77. The summed E-state index contributed by atoms with van der Waals surface area (Å²) in [6, 6.07) is 12.6. The first kappa shape index (κ1) is 37.7. The first-order valence-electron chi connectivity index (χ1n) is 14.9. The standard InChI is InChI=1S/C35H45N2O7.Ir/c1-23(2)14-15-35(7,22-34(5,6)33(40)42-9)30(38)32(39)44-19-18-43-28-20-24(3)29(25(4)21-28)37-17-16-36-31(37)26-10-12-27(41-8)13-11-26;/h10,12-13,16-17,20-21,23H,14-15,18-19,22H2,1-9H3;/q-1;. The minimum Gasteiger partial charge on any atom is -0.540 e. The Labute approximate surface area is 280 Å². The second kappa shape index (κ2) is 16.2. The largest absolute Gasteiger partial charge is 0.540 e. The zero-order chi connectivity index (χ0) is 32.7. The molecule has 3 rings (SSSR count). The summed E-state index contributed by atoms with van der Waals surface area (Å²) in [6.45, 7) is 13.2. The molecule has 3 aromatic rings. The molecule has 0 saturated carbocycles. The number of imidazole rings is 1. The number of carbonyl (C=O) groups excluding carboxylic acids is 3. The fourth-order valence-electron chi connectivity index (χ4n) is 5.56. The summed E-state index contributed by atoms with van der Waals surface area (Å²) in [5.74, 6) is 0.418. The number of esters is 2. The molecular formula is C35H45IrN2O7-. The molecule has 0 aliphatic carbocycles. The molecule has 1 unspecified atom stereocenters. The smallest absolute Gasteiger partial charge is 0.375 e. The molecule has 0 spiro atoms. The average molecular weight is 798 g/mol. The van der Waals surface area contributed by atoms with Crippen molar-refractivity contribution in [2.24, 2.45) is 16.7 Å². The zero-order valence-corrected chi connectivity index (χ0v) is 30.1. The monoisotopic (exact) mass is 798 g/mol. The molecule has 1 radical (unpaired) electrons. The molecular weight excluding hydrogens is 753 g/mol. The Morgan fingerprint density at radius 2 is 1.67 bits per heavy atom. The maximum Gasteiger partial charge on any atom is 0.375 e. The predicted molar refractivity (Wildman–Crippen MR) is 168 cm³/mol. The van der Waals surface area contributed by atoms with Gasteiger partial charge in [0.2, 0.25) is 5.78 Å². The maximum atomic E-state index is 13.3. The molecule has 45 heavy (non-hydrogen) atoms. The van der Waals surface area contributed by atoms with Crippen molar-refractivity contribution in [3.63, 3.8) is 0 Å². The van der Waals surface area contributed by atoms with Gasteiger partial charge in [0, 0.05) is 49.4 Å². The maximum absolute atomic E-state index is 13.3. The Hall–Kier alpha value is -3.49. The van der Waals surface area contributed by atoms with E-state index in [1.165, 1.54) is 7.11 Å². The van der Waals surface area contributed by atoms with E-state index in [0.29, 0.717) is 18.1 Å². The molecule has 0 saturated heterocycles. The SMILES string of the molecule is COC(=O)C(C)(C)CC(C)(CCC(C)C)C(=O)C(=O)OCCOc1cc(C)c(-n2ccnc2-c2[c-]cc(OC)cc2)c(C)c1.[Ir]. The van der Waals surface area contributed by atoms with E-state index in [0.717, 1.165) is 40.4 Å². The second-order valence-corrected chi connectivity index (χ2v) is 12.5. The number of hydrogen-bond acceptors (Lipinski definition) is 8. The molecule has 0 bridgehead atoms. The van der Waals surface area contributed by atoms with E-state index in [4.69, 9.17) is 18.9 Å². The van der Waals surface area contributed by atoms with Crippen LogP contribution in [0.5, 0.6) is 11.5 Å². The third kappa shape index (κ3) is 9.50. The van der Waals surface area contributed by atoms with E-state index >= 15 is 0 Å². The molecule has 10 heteroatoms. The van der Waals surface area contributed by atoms with Gasteiger partial charge in [-0.3, -0.25) is 14.6 Å². The summed E-state index contributed by atoms with van der Waals surface area (Å²) in [6.07, 6.45) is 5.00. The molecule has 247 valence electrons. The number of ketones is 1. The molecule has 0 amide bonds. The van der Waals surface area contributed by atoms with Crippen molar-refractivity contribution in [2.75, 3.05) is 27.4 Å². The van der Waals surface area contributed by atoms with Crippen LogP contribution < -0.4 is 9.47 Å². The van der Waals surface area contributed by atoms with Gasteiger partial charge in [0.15, 0.2) is 0 Å². The van der Waals surface area contributed by atoms with Gasteiger partial charge in [-0.25, -0.2) is 4.79 Å². The Bertz CT molecular complexity index is 1440. The molecule has 1 aromatic heterocycles. The number of Topliss-reactive ketones (excluding diaryl/α,β-unsaturated/α-hetero) is 1. The Morgan fingerprint density at radius 1 is 1.00 bits per heavy atom. The van der Waals surface area contributed by atoms with Crippen LogP contribution in [0.1, 0.15) is 65.0 Å². The van der Waals surface area contributed by atoms with Crippen LogP contribution in [0, 0.1) is 36.7 Å². The Kier molecular flexibility index (Phi) is 13.6. The van der Waals surface area contributed by atoms with Gasteiger partial charge < -0.3 is 23.5 Å². The first-order valence-corrected chi connectivity index (χ1v) is 14.9. The summed E-state index contributed by atoms with van der Waals surface area (Å²) in [5.41, 5.74) is 1.73. The van der Waals surface area contributed by atoms with Crippen LogP contribution in [0.15, 0.2) is 42.7 Å². The number of aryl methyl sites for hydroxylation is 2. The van der Waals surface area contributed by atoms with Crippen molar-refractivity contribution in [2.45, 2.75) is 67.7 Å². The fourth-order valence-corrected chi connectivity index (χ4v) is 5.56. The van der Waals surface area contributed by atoms with E-state index < -0.39 is 28.6 Å².